The first-order valence-corrected chi connectivity index (χ1v) is 8.10. The highest BCUT2D eigenvalue weighted by Gasteiger charge is 2.40. The summed E-state index contributed by atoms with van der Waals surface area (Å²) in [7, 11) is 0. The molecule has 20 heavy (non-hydrogen) atoms. The van der Waals surface area contributed by atoms with Gasteiger partial charge in [0, 0.05) is 39.3 Å². The highest BCUT2D eigenvalue weighted by atomic mass is 16.5. The van der Waals surface area contributed by atoms with Gasteiger partial charge in [0.2, 0.25) is 5.91 Å². The molecule has 2 saturated heterocycles. The third-order valence-electron chi connectivity index (χ3n) is 5.07. The zero-order chi connectivity index (χ0) is 14.0. The number of hydrogen-bond donors (Lipinski definition) is 1. The SMILES string of the molecule is NC1(C(=O)N2CCN(CC3CCCO3)CC2)CCCC1. The molecular formula is C15H27N3O2. The molecule has 3 aliphatic rings. The third kappa shape index (κ3) is 3.00. The van der Waals surface area contributed by atoms with E-state index in [9.17, 15) is 4.79 Å². The number of ether oxygens (including phenoxy) is 1. The van der Waals surface area contributed by atoms with E-state index in [2.05, 4.69) is 4.90 Å². The molecule has 3 fully saturated rings. The normalized spacial score (nSPS) is 30.9. The van der Waals surface area contributed by atoms with Gasteiger partial charge in [0.15, 0.2) is 0 Å². The van der Waals surface area contributed by atoms with Gasteiger partial charge in [-0.3, -0.25) is 9.69 Å². The Morgan fingerprint density at radius 1 is 1.15 bits per heavy atom. The molecule has 1 aliphatic carbocycles. The lowest BCUT2D eigenvalue weighted by Crippen LogP contribution is -2.58. The van der Waals surface area contributed by atoms with Gasteiger partial charge in [0.1, 0.15) is 0 Å². The Hall–Kier alpha value is -0.650. The highest BCUT2D eigenvalue weighted by Crippen LogP contribution is 2.29. The number of piperazine rings is 1. The Kier molecular flexibility index (Phi) is 4.29. The molecule has 0 radical (unpaired) electrons. The first-order chi connectivity index (χ1) is 9.67. The van der Waals surface area contributed by atoms with Crippen molar-refractivity contribution >= 4 is 5.91 Å². The van der Waals surface area contributed by atoms with Crippen LogP contribution in [0, 0.1) is 0 Å². The minimum Gasteiger partial charge on any atom is -0.377 e. The third-order valence-corrected chi connectivity index (χ3v) is 5.07. The van der Waals surface area contributed by atoms with Gasteiger partial charge in [-0.1, -0.05) is 12.8 Å². The van der Waals surface area contributed by atoms with E-state index < -0.39 is 5.54 Å². The van der Waals surface area contributed by atoms with Crippen LogP contribution in [0.2, 0.25) is 0 Å². The number of hydrogen-bond acceptors (Lipinski definition) is 4. The van der Waals surface area contributed by atoms with Crippen molar-refractivity contribution in [1.82, 2.24) is 9.80 Å². The van der Waals surface area contributed by atoms with Crippen LogP contribution in [-0.2, 0) is 9.53 Å². The molecule has 1 atom stereocenters. The van der Waals surface area contributed by atoms with Gasteiger partial charge in [-0.25, -0.2) is 0 Å². The molecule has 0 spiro atoms. The summed E-state index contributed by atoms with van der Waals surface area (Å²) in [6.07, 6.45) is 6.71. The first kappa shape index (κ1) is 14.3. The maximum atomic E-state index is 12.5. The number of carbonyl (C=O) groups excluding carboxylic acids is 1. The number of rotatable bonds is 3. The summed E-state index contributed by atoms with van der Waals surface area (Å²) in [6.45, 7) is 5.51. The Morgan fingerprint density at radius 2 is 1.85 bits per heavy atom. The van der Waals surface area contributed by atoms with E-state index in [1.807, 2.05) is 4.90 Å². The van der Waals surface area contributed by atoms with Crippen molar-refractivity contribution in [3.05, 3.63) is 0 Å². The summed E-state index contributed by atoms with van der Waals surface area (Å²) < 4.78 is 5.69. The maximum Gasteiger partial charge on any atom is 0.242 e. The zero-order valence-electron chi connectivity index (χ0n) is 12.4. The summed E-state index contributed by atoms with van der Waals surface area (Å²) in [5, 5.41) is 0. The predicted molar refractivity (Wildman–Crippen MR) is 77.4 cm³/mol. The molecule has 1 amide bonds. The van der Waals surface area contributed by atoms with E-state index in [4.69, 9.17) is 10.5 Å². The van der Waals surface area contributed by atoms with Gasteiger partial charge in [-0.05, 0) is 25.7 Å². The Morgan fingerprint density at radius 3 is 2.45 bits per heavy atom. The summed E-state index contributed by atoms with van der Waals surface area (Å²) >= 11 is 0. The molecule has 0 aromatic rings. The molecule has 3 rings (SSSR count). The molecule has 5 heteroatoms. The fourth-order valence-electron chi connectivity index (χ4n) is 3.74. The van der Waals surface area contributed by atoms with Crippen LogP contribution in [0.3, 0.4) is 0 Å². The zero-order valence-corrected chi connectivity index (χ0v) is 12.4. The Labute approximate surface area is 121 Å². The second-order valence-corrected chi connectivity index (χ2v) is 6.59. The second kappa shape index (κ2) is 6.00. The van der Waals surface area contributed by atoms with E-state index in [0.29, 0.717) is 6.10 Å². The molecule has 2 heterocycles. The lowest BCUT2D eigenvalue weighted by molar-refractivity contribution is -0.138. The predicted octanol–water partition coefficient (Wildman–Crippen LogP) is 0.581. The number of nitrogens with two attached hydrogens (primary N) is 1. The van der Waals surface area contributed by atoms with Crippen LogP contribution in [0.25, 0.3) is 0 Å². The molecular weight excluding hydrogens is 254 g/mol. The molecule has 0 aromatic heterocycles. The van der Waals surface area contributed by atoms with Crippen molar-refractivity contribution in [3.63, 3.8) is 0 Å². The van der Waals surface area contributed by atoms with Crippen molar-refractivity contribution in [1.29, 1.82) is 0 Å². The summed E-state index contributed by atoms with van der Waals surface area (Å²) in [4.78, 5) is 16.9. The number of nitrogens with zero attached hydrogens (tertiary/aromatic N) is 2. The molecule has 114 valence electrons. The molecule has 0 aromatic carbocycles. The molecule has 1 unspecified atom stereocenters. The van der Waals surface area contributed by atoms with Crippen molar-refractivity contribution < 1.29 is 9.53 Å². The highest BCUT2D eigenvalue weighted by molar-refractivity contribution is 5.86. The average Bonchev–Trinajstić information content (AvgIpc) is 3.11. The molecule has 2 N–H and O–H groups in total. The molecule has 1 saturated carbocycles. The van der Waals surface area contributed by atoms with Crippen LogP contribution < -0.4 is 5.73 Å². The van der Waals surface area contributed by atoms with Crippen LogP contribution >= 0.6 is 0 Å². The van der Waals surface area contributed by atoms with Crippen LogP contribution in [0.4, 0.5) is 0 Å². The summed E-state index contributed by atoms with van der Waals surface area (Å²) in [6, 6.07) is 0. The van der Waals surface area contributed by atoms with E-state index >= 15 is 0 Å². The molecule has 5 nitrogen and oxygen atoms in total. The van der Waals surface area contributed by atoms with Gasteiger partial charge in [0.05, 0.1) is 11.6 Å². The maximum absolute atomic E-state index is 12.5. The Bertz CT molecular complexity index is 341. The number of amides is 1. The van der Waals surface area contributed by atoms with Crippen LogP contribution in [0.15, 0.2) is 0 Å². The summed E-state index contributed by atoms with van der Waals surface area (Å²) in [5.41, 5.74) is 5.72. The monoisotopic (exact) mass is 281 g/mol. The van der Waals surface area contributed by atoms with Gasteiger partial charge in [0.25, 0.3) is 0 Å². The van der Waals surface area contributed by atoms with Crippen molar-refractivity contribution in [2.75, 3.05) is 39.3 Å². The quantitative estimate of drug-likeness (QED) is 0.822. The average molecular weight is 281 g/mol. The molecule has 0 bridgehead atoms. The van der Waals surface area contributed by atoms with E-state index in [0.717, 1.165) is 65.0 Å². The van der Waals surface area contributed by atoms with E-state index in [-0.39, 0.29) is 5.91 Å². The largest absolute Gasteiger partial charge is 0.377 e. The van der Waals surface area contributed by atoms with Crippen LogP contribution in [0.1, 0.15) is 38.5 Å². The van der Waals surface area contributed by atoms with Gasteiger partial charge < -0.3 is 15.4 Å². The number of carbonyl (C=O) groups is 1. The van der Waals surface area contributed by atoms with Gasteiger partial charge in [-0.15, -0.1) is 0 Å². The van der Waals surface area contributed by atoms with Gasteiger partial charge >= 0.3 is 0 Å². The Balaban J connectivity index is 1.46. The second-order valence-electron chi connectivity index (χ2n) is 6.59. The van der Waals surface area contributed by atoms with Crippen molar-refractivity contribution in [2.24, 2.45) is 5.73 Å². The van der Waals surface area contributed by atoms with E-state index in [1.54, 1.807) is 0 Å². The van der Waals surface area contributed by atoms with Gasteiger partial charge in [-0.2, -0.15) is 0 Å². The summed E-state index contributed by atoms with van der Waals surface area (Å²) in [5.74, 6) is 0.187. The van der Waals surface area contributed by atoms with Crippen molar-refractivity contribution in [2.45, 2.75) is 50.2 Å². The standard InChI is InChI=1S/C15H27N3O2/c16-15(5-1-2-6-15)14(19)18-9-7-17(8-10-18)12-13-4-3-11-20-13/h13H,1-12,16H2. The fourth-order valence-corrected chi connectivity index (χ4v) is 3.74. The smallest absolute Gasteiger partial charge is 0.242 e. The first-order valence-electron chi connectivity index (χ1n) is 8.10. The lowest BCUT2D eigenvalue weighted by atomic mass is 9.97. The lowest BCUT2D eigenvalue weighted by Gasteiger charge is -2.39. The minimum atomic E-state index is -0.559. The topological polar surface area (TPSA) is 58.8 Å². The fraction of sp³-hybridized carbons (Fsp3) is 0.933. The molecule has 2 aliphatic heterocycles. The minimum absolute atomic E-state index is 0.187. The van der Waals surface area contributed by atoms with E-state index in [1.165, 1.54) is 12.8 Å². The van der Waals surface area contributed by atoms with Crippen LogP contribution in [-0.4, -0.2) is 66.7 Å². The van der Waals surface area contributed by atoms with Crippen molar-refractivity contribution in [3.8, 4) is 0 Å². The van der Waals surface area contributed by atoms with Crippen LogP contribution in [0.5, 0.6) is 0 Å².